The molecule has 2 aromatic carbocycles. The first kappa shape index (κ1) is 17.9. The van der Waals surface area contributed by atoms with Gasteiger partial charge in [-0.1, -0.05) is 72.8 Å². The quantitative estimate of drug-likeness (QED) is 0.550. The fraction of sp³-hybridized carbons (Fsp3) is 0.250. The van der Waals surface area contributed by atoms with Crippen molar-refractivity contribution in [1.29, 1.82) is 0 Å². The van der Waals surface area contributed by atoms with Crippen LogP contribution in [0.1, 0.15) is 24.1 Å². The van der Waals surface area contributed by atoms with Crippen molar-refractivity contribution in [3.05, 3.63) is 83.9 Å². The monoisotopic (exact) mass is 324 g/mol. The number of hydrogen-bond acceptors (Lipinski definition) is 3. The Hall–Kier alpha value is -2.43. The summed E-state index contributed by atoms with van der Waals surface area (Å²) in [7, 11) is 0. The fourth-order valence-corrected chi connectivity index (χ4v) is 2.35. The minimum absolute atomic E-state index is 0.0265. The van der Waals surface area contributed by atoms with E-state index in [2.05, 4.69) is 5.32 Å². The molecule has 4 heteroatoms. The molecule has 3 N–H and O–H groups in total. The molecule has 0 fully saturated rings. The zero-order valence-electron chi connectivity index (χ0n) is 13.9. The minimum Gasteiger partial charge on any atom is -0.373 e. The number of primary amides is 1. The third kappa shape index (κ3) is 5.99. The van der Waals surface area contributed by atoms with Gasteiger partial charge in [0.15, 0.2) is 0 Å². The van der Waals surface area contributed by atoms with Gasteiger partial charge in [0, 0.05) is 6.04 Å². The average molecular weight is 324 g/mol. The molecule has 0 aliphatic carbocycles. The summed E-state index contributed by atoms with van der Waals surface area (Å²) in [6.07, 6.45) is 3.58. The third-order valence-corrected chi connectivity index (χ3v) is 3.69. The van der Waals surface area contributed by atoms with Crippen LogP contribution in [-0.2, 0) is 16.1 Å². The molecule has 0 heterocycles. The van der Waals surface area contributed by atoms with Gasteiger partial charge < -0.3 is 10.5 Å². The molecule has 0 bridgehead atoms. The highest BCUT2D eigenvalue weighted by Gasteiger charge is 2.15. The second-order valence-corrected chi connectivity index (χ2v) is 5.61. The van der Waals surface area contributed by atoms with Crippen LogP contribution in [0.4, 0.5) is 0 Å². The fourth-order valence-electron chi connectivity index (χ4n) is 2.35. The normalized spacial score (nSPS) is 13.7. The first-order chi connectivity index (χ1) is 11.7. The van der Waals surface area contributed by atoms with E-state index in [0.29, 0.717) is 13.2 Å². The predicted molar refractivity (Wildman–Crippen MR) is 96.2 cm³/mol. The number of nitrogens with two attached hydrogens (primary N) is 1. The van der Waals surface area contributed by atoms with E-state index in [9.17, 15) is 4.79 Å². The zero-order valence-corrected chi connectivity index (χ0v) is 13.9. The first-order valence-corrected chi connectivity index (χ1v) is 8.05. The van der Waals surface area contributed by atoms with Crippen molar-refractivity contribution in [3.63, 3.8) is 0 Å². The molecule has 0 spiro atoms. The lowest BCUT2D eigenvalue weighted by Gasteiger charge is -2.18. The van der Waals surface area contributed by atoms with Gasteiger partial charge >= 0.3 is 0 Å². The SMILES string of the molecule is C[C@H](N[C@@H](/C=C/COCc1ccccc1)C(N)=O)c1ccccc1. The topological polar surface area (TPSA) is 64.3 Å². The van der Waals surface area contributed by atoms with Crippen LogP contribution >= 0.6 is 0 Å². The summed E-state index contributed by atoms with van der Waals surface area (Å²) in [6, 6.07) is 19.4. The number of amides is 1. The summed E-state index contributed by atoms with van der Waals surface area (Å²) >= 11 is 0. The van der Waals surface area contributed by atoms with Crippen LogP contribution in [0.25, 0.3) is 0 Å². The summed E-state index contributed by atoms with van der Waals surface area (Å²) < 4.78 is 5.57. The molecule has 0 aliphatic rings. The van der Waals surface area contributed by atoms with Gasteiger partial charge in [-0.05, 0) is 18.1 Å². The molecule has 24 heavy (non-hydrogen) atoms. The van der Waals surface area contributed by atoms with Crippen molar-refractivity contribution in [2.45, 2.75) is 25.6 Å². The summed E-state index contributed by atoms with van der Waals surface area (Å²) in [5.41, 5.74) is 7.70. The van der Waals surface area contributed by atoms with E-state index in [1.165, 1.54) is 0 Å². The summed E-state index contributed by atoms with van der Waals surface area (Å²) in [4.78, 5) is 11.6. The molecule has 2 aromatic rings. The highest BCUT2D eigenvalue weighted by atomic mass is 16.5. The number of carbonyl (C=O) groups excluding carboxylic acids is 1. The maximum absolute atomic E-state index is 11.6. The lowest BCUT2D eigenvalue weighted by Crippen LogP contribution is -2.41. The van der Waals surface area contributed by atoms with E-state index in [4.69, 9.17) is 10.5 Å². The Labute approximate surface area is 143 Å². The lowest BCUT2D eigenvalue weighted by atomic mass is 10.1. The van der Waals surface area contributed by atoms with Crippen LogP contribution in [0.5, 0.6) is 0 Å². The second kappa shape index (κ2) is 9.65. The van der Waals surface area contributed by atoms with Gasteiger partial charge in [-0.25, -0.2) is 0 Å². The molecular formula is C20H24N2O2. The van der Waals surface area contributed by atoms with E-state index in [1.807, 2.05) is 73.7 Å². The van der Waals surface area contributed by atoms with Gasteiger partial charge in [-0.15, -0.1) is 0 Å². The average Bonchev–Trinajstić information content (AvgIpc) is 2.61. The molecule has 0 aromatic heterocycles. The maximum atomic E-state index is 11.6. The van der Waals surface area contributed by atoms with E-state index < -0.39 is 11.9 Å². The Morgan fingerprint density at radius 3 is 2.38 bits per heavy atom. The molecule has 2 atom stereocenters. The Balaban J connectivity index is 1.81. The molecule has 126 valence electrons. The Bertz CT molecular complexity index is 641. The lowest BCUT2D eigenvalue weighted by molar-refractivity contribution is -0.119. The van der Waals surface area contributed by atoms with Crippen molar-refractivity contribution in [3.8, 4) is 0 Å². The molecule has 0 saturated carbocycles. The van der Waals surface area contributed by atoms with Crippen LogP contribution in [0.2, 0.25) is 0 Å². The molecule has 0 saturated heterocycles. The number of hydrogen-bond donors (Lipinski definition) is 2. The van der Waals surface area contributed by atoms with Crippen LogP contribution in [-0.4, -0.2) is 18.6 Å². The van der Waals surface area contributed by atoms with E-state index in [1.54, 1.807) is 6.08 Å². The number of nitrogens with one attached hydrogen (secondary N) is 1. The summed E-state index contributed by atoms with van der Waals surface area (Å²) in [5.74, 6) is -0.405. The number of ether oxygens (including phenoxy) is 1. The second-order valence-electron chi connectivity index (χ2n) is 5.61. The molecular weight excluding hydrogens is 300 g/mol. The molecule has 0 radical (unpaired) electrons. The summed E-state index contributed by atoms with van der Waals surface area (Å²) in [6.45, 7) is 2.98. The standard InChI is InChI=1S/C20H24N2O2/c1-16(18-11-6-3-7-12-18)22-19(20(21)23)13-8-14-24-15-17-9-4-2-5-10-17/h2-13,16,19,22H,14-15H2,1H3,(H2,21,23)/b13-8+/t16-,19-/m0/s1. The number of carbonyl (C=O) groups is 1. The Morgan fingerprint density at radius 2 is 1.75 bits per heavy atom. The number of benzene rings is 2. The van der Waals surface area contributed by atoms with Gasteiger partial charge in [-0.3, -0.25) is 10.1 Å². The van der Waals surface area contributed by atoms with Crippen molar-refractivity contribution in [1.82, 2.24) is 5.32 Å². The van der Waals surface area contributed by atoms with Crippen molar-refractivity contribution in [2.75, 3.05) is 6.61 Å². The van der Waals surface area contributed by atoms with Crippen LogP contribution in [0.15, 0.2) is 72.8 Å². The van der Waals surface area contributed by atoms with Crippen molar-refractivity contribution >= 4 is 5.91 Å². The van der Waals surface area contributed by atoms with Gasteiger partial charge in [0.1, 0.15) is 6.04 Å². The summed E-state index contributed by atoms with van der Waals surface area (Å²) in [5, 5.41) is 3.22. The van der Waals surface area contributed by atoms with Crippen LogP contribution < -0.4 is 11.1 Å². The molecule has 0 unspecified atom stereocenters. The Kier molecular flexibility index (Phi) is 7.21. The van der Waals surface area contributed by atoms with Crippen molar-refractivity contribution in [2.24, 2.45) is 5.73 Å². The predicted octanol–water partition coefficient (Wildman–Crippen LogP) is 2.96. The Morgan fingerprint density at radius 1 is 1.12 bits per heavy atom. The van der Waals surface area contributed by atoms with E-state index >= 15 is 0 Å². The van der Waals surface area contributed by atoms with Gasteiger partial charge in [0.25, 0.3) is 0 Å². The van der Waals surface area contributed by atoms with Crippen LogP contribution in [0, 0.1) is 0 Å². The van der Waals surface area contributed by atoms with Crippen LogP contribution in [0.3, 0.4) is 0 Å². The minimum atomic E-state index is -0.527. The highest BCUT2D eigenvalue weighted by molar-refractivity contribution is 5.82. The largest absolute Gasteiger partial charge is 0.373 e. The zero-order chi connectivity index (χ0) is 17.2. The van der Waals surface area contributed by atoms with Gasteiger partial charge in [0.2, 0.25) is 5.91 Å². The third-order valence-electron chi connectivity index (χ3n) is 3.69. The smallest absolute Gasteiger partial charge is 0.238 e. The van der Waals surface area contributed by atoms with Crippen molar-refractivity contribution < 1.29 is 9.53 Å². The van der Waals surface area contributed by atoms with Gasteiger partial charge in [-0.2, -0.15) is 0 Å². The number of rotatable bonds is 9. The molecule has 0 aliphatic heterocycles. The molecule has 1 amide bonds. The van der Waals surface area contributed by atoms with E-state index in [0.717, 1.165) is 11.1 Å². The first-order valence-electron chi connectivity index (χ1n) is 8.05. The maximum Gasteiger partial charge on any atom is 0.238 e. The highest BCUT2D eigenvalue weighted by Crippen LogP contribution is 2.12. The molecule has 4 nitrogen and oxygen atoms in total. The van der Waals surface area contributed by atoms with E-state index in [-0.39, 0.29) is 6.04 Å². The molecule has 2 rings (SSSR count). The van der Waals surface area contributed by atoms with Gasteiger partial charge in [0.05, 0.1) is 13.2 Å².